The summed E-state index contributed by atoms with van der Waals surface area (Å²) in [6.07, 6.45) is 1.89. The van der Waals surface area contributed by atoms with Gasteiger partial charge < -0.3 is 11.1 Å². The van der Waals surface area contributed by atoms with Gasteiger partial charge in [0.15, 0.2) is 0 Å². The van der Waals surface area contributed by atoms with E-state index in [4.69, 9.17) is 5.73 Å². The monoisotopic (exact) mass is 263 g/mol. The van der Waals surface area contributed by atoms with Gasteiger partial charge in [0.2, 0.25) is 5.91 Å². The highest BCUT2D eigenvalue weighted by molar-refractivity contribution is 5.76. The smallest absolute Gasteiger partial charge is 0.221 e. The van der Waals surface area contributed by atoms with Gasteiger partial charge in [0.25, 0.3) is 0 Å². The molecular formula is C13H21N5O. The molecule has 3 N–H and O–H groups in total. The quantitative estimate of drug-likeness (QED) is 0.827. The summed E-state index contributed by atoms with van der Waals surface area (Å²) in [5, 5.41) is 3.03. The van der Waals surface area contributed by atoms with Crippen molar-refractivity contribution in [2.75, 3.05) is 25.5 Å². The first-order valence-electron chi connectivity index (χ1n) is 6.62. The third-order valence-electron chi connectivity index (χ3n) is 3.43. The lowest BCUT2D eigenvalue weighted by Crippen LogP contribution is -2.41. The van der Waals surface area contributed by atoms with Crippen LogP contribution in [0, 0.1) is 12.8 Å². The molecule has 1 saturated heterocycles. The van der Waals surface area contributed by atoms with Crippen molar-refractivity contribution in [3.63, 3.8) is 0 Å². The maximum absolute atomic E-state index is 11.3. The molecule has 2 heterocycles. The van der Waals surface area contributed by atoms with E-state index in [0.29, 0.717) is 13.1 Å². The van der Waals surface area contributed by atoms with Crippen molar-refractivity contribution in [1.29, 1.82) is 0 Å². The van der Waals surface area contributed by atoms with Gasteiger partial charge in [-0.1, -0.05) is 0 Å². The predicted molar refractivity (Wildman–Crippen MR) is 73.5 cm³/mol. The molecule has 1 amide bonds. The number of carbonyl (C=O) groups is 1. The zero-order valence-electron chi connectivity index (χ0n) is 11.5. The lowest BCUT2D eigenvalue weighted by atomic mass is 9.97. The maximum atomic E-state index is 11.3. The number of piperidine rings is 1. The van der Waals surface area contributed by atoms with Gasteiger partial charge >= 0.3 is 0 Å². The molecule has 2 rings (SSSR count). The van der Waals surface area contributed by atoms with Crippen LogP contribution in [0.25, 0.3) is 0 Å². The summed E-state index contributed by atoms with van der Waals surface area (Å²) >= 11 is 0. The van der Waals surface area contributed by atoms with E-state index in [2.05, 4.69) is 20.2 Å². The fourth-order valence-corrected chi connectivity index (χ4v) is 2.46. The first-order chi connectivity index (χ1) is 9.08. The molecule has 1 aliphatic rings. The lowest BCUT2D eigenvalue weighted by molar-refractivity contribution is -0.123. The van der Waals surface area contributed by atoms with E-state index in [0.717, 1.165) is 36.7 Å². The molecule has 1 fully saturated rings. The van der Waals surface area contributed by atoms with Gasteiger partial charge in [0.05, 0.1) is 12.5 Å². The highest BCUT2D eigenvalue weighted by atomic mass is 16.1. The van der Waals surface area contributed by atoms with E-state index in [1.54, 1.807) is 0 Å². The summed E-state index contributed by atoms with van der Waals surface area (Å²) < 4.78 is 0. The first kappa shape index (κ1) is 13.7. The minimum absolute atomic E-state index is 0.0395. The lowest BCUT2D eigenvalue weighted by Gasteiger charge is -2.30. The molecule has 0 radical (unpaired) electrons. The minimum atomic E-state index is -0.203. The van der Waals surface area contributed by atoms with E-state index in [1.165, 1.54) is 0 Å². The van der Waals surface area contributed by atoms with E-state index in [1.807, 2.05) is 20.0 Å². The van der Waals surface area contributed by atoms with Crippen molar-refractivity contribution < 1.29 is 4.79 Å². The molecule has 0 spiro atoms. The molecular weight excluding hydrogens is 242 g/mol. The van der Waals surface area contributed by atoms with E-state index in [-0.39, 0.29) is 11.8 Å². The van der Waals surface area contributed by atoms with Gasteiger partial charge in [0.1, 0.15) is 11.6 Å². The molecule has 6 nitrogen and oxygen atoms in total. The second-order valence-electron chi connectivity index (χ2n) is 5.04. The number of anilines is 1. The molecule has 0 saturated carbocycles. The van der Waals surface area contributed by atoms with Crippen LogP contribution in [0.3, 0.4) is 0 Å². The molecule has 1 aromatic rings. The van der Waals surface area contributed by atoms with Crippen LogP contribution in [-0.4, -0.2) is 40.9 Å². The van der Waals surface area contributed by atoms with Crippen LogP contribution in [-0.2, 0) is 11.3 Å². The number of primary amides is 1. The van der Waals surface area contributed by atoms with Crippen molar-refractivity contribution in [3.05, 3.63) is 17.6 Å². The Morgan fingerprint density at radius 2 is 2.37 bits per heavy atom. The van der Waals surface area contributed by atoms with Gasteiger partial charge in [-0.2, -0.15) is 0 Å². The number of hydrogen-bond donors (Lipinski definition) is 2. The van der Waals surface area contributed by atoms with Crippen molar-refractivity contribution in [1.82, 2.24) is 14.9 Å². The standard InChI is InChI=1S/C13H21N5O/c1-9-6-11(15-2)17-12(16-9)8-18-5-3-4-10(7-18)13(14)19/h6,10H,3-5,7-8H2,1-2H3,(H2,14,19)(H,15,16,17). The van der Waals surface area contributed by atoms with Crippen molar-refractivity contribution >= 4 is 11.7 Å². The van der Waals surface area contributed by atoms with Gasteiger partial charge in [-0.3, -0.25) is 9.69 Å². The number of likely N-dealkylation sites (tertiary alicyclic amines) is 1. The first-order valence-corrected chi connectivity index (χ1v) is 6.62. The van der Waals surface area contributed by atoms with Crippen LogP contribution in [0.2, 0.25) is 0 Å². The Labute approximate surface area is 113 Å². The highest BCUT2D eigenvalue weighted by Gasteiger charge is 2.24. The summed E-state index contributed by atoms with van der Waals surface area (Å²) in [7, 11) is 1.84. The number of nitrogens with zero attached hydrogens (tertiary/aromatic N) is 3. The van der Waals surface area contributed by atoms with Gasteiger partial charge in [0, 0.05) is 25.4 Å². The molecule has 6 heteroatoms. The van der Waals surface area contributed by atoms with E-state index < -0.39 is 0 Å². The largest absolute Gasteiger partial charge is 0.373 e. The number of hydrogen-bond acceptors (Lipinski definition) is 5. The van der Waals surface area contributed by atoms with Crippen LogP contribution < -0.4 is 11.1 Å². The van der Waals surface area contributed by atoms with E-state index >= 15 is 0 Å². The second kappa shape index (κ2) is 5.97. The number of nitrogens with one attached hydrogen (secondary N) is 1. The van der Waals surface area contributed by atoms with Crippen molar-refractivity contribution in [3.8, 4) is 0 Å². The zero-order valence-corrected chi connectivity index (χ0v) is 11.5. The van der Waals surface area contributed by atoms with Gasteiger partial charge in [-0.25, -0.2) is 9.97 Å². The van der Waals surface area contributed by atoms with Gasteiger partial charge in [-0.15, -0.1) is 0 Å². The van der Waals surface area contributed by atoms with Crippen LogP contribution in [0.15, 0.2) is 6.07 Å². The number of aromatic nitrogens is 2. The Morgan fingerprint density at radius 1 is 1.58 bits per heavy atom. The summed E-state index contributed by atoms with van der Waals surface area (Å²) in [5.74, 6) is 1.37. The average Bonchev–Trinajstić information content (AvgIpc) is 2.38. The number of amides is 1. The molecule has 19 heavy (non-hydrogen) atoms. The molecule has 1 aliphatic heterocycles. The zero-order chi connectivity index (χ0) is 13.8. The van der Waals surface area contributed by atoms with Crippen LogP contribution in [0.4, 0.5) is 5.82 Å². The van der Waals surface area contributed by atoms with Crippen LogP contribution in [0.5, 0.6) is 0 Å². The normalized spacial score (nSPS) is 20.2. The molecule has 0 aromatic carbocycles. The Hall–Kier alpha value is -1.69. The van der Waals surface area contributed by atoms with E-state index in [9.17, 15) is 4.79 Å². The topological polar surface area (TPSA) is 84.1 Å². The Balaban J connectivity index is 2.04. The number of aryl methyl sites for hydroxylation is 1. The fraction of sp³-hybridized carbons (Fsp3) is 0.615. The van der Waals surface area contributed by atoms with Crippen molar-refractivity contribution in [2.24, 2.45) is 11.7 Å². The summed E-state index contributed by atoms with van der Waals surface area (Å²) in [4.78, 5) is 22.3. The molecule has 0 bridgehead atoms. The fourth-order valence-electron chi connectivity index (χ4n) is 2.46. The highest BCUT2D eigenvalue weighted by Crippen LogP contribution is 2.18. The SMILES string of the molecule is CNc1cc(C)nc(CN2CCCC(C(N)=O)C2)n1. The molecule has 1 unspecified atom stereocenters. The van der Waals surface area contributed by atoms with Gasteiger partial charge in [-0.05, 0) is 26.3 Å². The Morgan fingerprint density at radius 3 is 3.05 bits per heavy atom. The van der Waals surface area contributed by atoms with Crippen LogP contribution >= 0.6 is 0 Å². The Kier molecular flexibility index (Phi) is 4.31. The molecule has 104 valence electrons. The number of nitrogens with two attached hydrogens (primary N) is 1. The summed E-state index contributed by atoms with van der Waals surface area (Å²) in [5.41, 5.74) is 6.33. The molecule has 1 atom stereocenters. The maximum Gasteiger partial charge on any atom is 0.221 e. The third-order valence-corrected chi connectivity index (χ3v) is 3.43. The third kappa shape index (κ3) is 3.64. The average molecular weight is 263 g/mol. The summed E-state index contributed by atoms with van der Waals surface area (Å²) in [6.45, 7) is 4.30. The van der Waals surface area contributed by atoms with Crippen LogP contribution in [0.1, 0.15) is 24.4 Å². The Bertz CT molecular complexity index is 462. The summed E-state index contributed by atoms with van der Waals surface area (Å²) in [6, 6.07) is 1.91. The minimum Gasteiger partial charge on any atom is -0.373 e. The van der Waals surface area contributed by atoms with Crippen molar-refractivity contribution in [2.45, 2.75) is 26.3 Å². The number of rotatable bonds is 4. The predicted octanol–water partition coefficient (Wildman–Crippen LogP) is 0.524. The second-order valence-corrected chi connectivity index (χ2v) is 5.04. The molecule has 1 aromatic heterocycles. The molecule has 0 aliphatic carbocycles. The number of carbonyl (C=O) groups excluding carboxylic acids is 1.